The first-order valence-corrected chi connectivity index (χ1v) is 5.33. The van der Waals surface area contributed by atoms with Gasteiger partial charge in [0.05, 0.1) is 0 Å². The maximum atomic E-state index is 5.22. The third kappa shape index (κ3) is 2.81. The van der Waals surface area contributed by atoms with E-state index < -0.39 is 0 Å². The van der Waals surface area contributed by atoms with Crippen molar-refractivity contribution in [3.8, 4) is 0 Å². The van der Waals surface area contributed by atoms with E-state index in [1.165, 1.54) is 19.3 Å². The lowest BCUT2D eigenvalue weighted by atomic mass is 9.78. The predicted octanol–water partition coefficient (Wildman–Crippen LogP) is 1.15. The van der Waals surface area contributed by atoms with Gasteiger partial charge in [-0.25, -0.2) is 5.84 Å². The number of hydrazine groups is 1. The molecule has 1 fully saturated rings. The first-order chi connectivity index (χ1) is 6.15. The molecule has 0 spiro atoms. The number of rotatable bonds is 1. The van der Waals surface area contributed by atoms with Crippen LogP contribution in [0.15, 0.2) is 0 Å². The van der Waals surface area contributed by atoms with E-state index >= 15 is 0 Å². The summed E-state index contributed by atoms with van der Waals surface area (Å²) in [5.74, 6) is 6.68. The summed E-state index contributed by atoms with van der Waals surface area (Å²) < 4.78 is 0. The maximum absolute atomic E-state index is 5.22. The van der Waals surface area contributed by atoms with E-state index in [0.717, 1.165) is 5.92 Å². The largest absolute Gasteiger partial charge is 0.359 e. The minimum absolute atomic E-state index is 0.493. The Morgan fingerprint density at radius 3 is 2.69 bits per heavy atom. The molecule has 0 radical (unpaired) electrons. The van der Waals surface area contributed by atoms with Crippen molar-refractivity contribution in [2.24, 2.45) is 17.7 Å². The molecule has 4 N–H and O–H groups in total. The molecular weight excluding hydrogens is 182 g/mol. The van der Waals surface area contributed by atoms with Crippen LogP contribution in [-0.4, -0.2) is 11.2 Å². The minimum Gasteiger partial charge on any atom is -0.359 e. The Labute approximate surface area is 85.4 Å². The van der Waals surface area contributed by atoms with Crippen molar-refractivity contribution in [2.45, 2.75) is 39.2 Å². The first-order valence-electron chi connectivity index (χ1n) is 4.92. The Bertz CT molecular complexity index is 184. The number of nitrogens with one attached hydrogen (secondary N) is 2. The standard InChI is InChI=1S/C9H19N3S/c1-6-4-3-5-8(7(6)2)11-9(13)12-10/h6-8H,3-5,10H2,1-2H3,(H2,11,12,13)/t6-,7-,8-/m1/s1. The van der Waals surface area contributed by atoms with Crippen molar-refractivity contribution in [3.63, 3.8) is 0 Å². The molecule has 0 aromatic rings. The van der Waals surface area contributed by atoms with Gasteiger partial charge in [-0.1, -0.05) is 26.7 Å². The van der Waals surface area contributed by atoms with E-state index in [1.54, 1.807) is 0 Å². The molecule has 1 rings (SSSR count). The van der Waals surface area contributed by atoms with Crippen LogP contribution in [0.1, 0.15) is 33.1 Å². The smallest absolute Gasteiger partial charge is 0.180 e. The van der Waals surface area contributed by atoms with Gasteiger partial charge in [0.1, 0.15) is 0 Å². The number of hydrogen-bond donors (Lipinski definition) is 3. The van der Waals surface area contributed by atoms with Crippen molar-refractivity contribution in [2.75, 3.05) is 0 Å². The normalized spacial score (nSPS) is 33.9. The number of nitrogens with two attached hydrogens (primary N) is 1. The summed E-state index contributed by atoms with van der Waals surface area (Å²) >= 11 is 4.98. The maximum Gasteiger partial charge on any atom is 0.180 e. The quantitative estimate of drug-likeness (QED) is 0.338. The zero-order valence-corrected chi connectivity index (χ0v) is 9.16. The lowest BCUT2D eigenvalue weighted by molar-refractivity contribution is 0.224. The lowest BCUT2D eigenvalue weighted by Gasteiger charge is -2.35. The highest BCUT2D eigenvalue weighted by molar-refractivity contribution is 7.80. The second kappa shape index (κ2) is 4.77. The van der Waals surface area contributed by atoms with Gasteiger partial charge in [-0.05, 0) is 30.5 Å². The van der Waals surface area contributed by atoms with Crippen LogP contribution < -0.4 is 16.6 Å². The van der Waals surface area contributed by atoms with Crippen molar-refractivity contribution in [1.82, 2.24) is 10.7 Å². The second-order valence-electron chi connectivity index (χ2n) is 3.99. The van der Waals surface area contributed by atoms with Crippen molar-refractivity contribution >= 4 is 17.3 Å². The Kier molecular flexibility index (Phi) is 3.93. The fraction of sp³-hybridized carbons (Fsp3) is 0.889. The Hall–Kier alpha value is -0.350. The summed E-state index contributed by atoms with van der Waals surface area (Å²) in [6.07, 6.45) is 3.83. The van der Waals surface area contributed by atoms with Gasteiger partial charge >= 0.3 is 0 Å². The van der Waals surface area contributed by atoms with Crippen LogP contribution >= 0.6 is 12.2 Å². The second-order valence-corrected chi connectivity index (χ2v) is 4.40. The number of thiocarbonyl (C=S) groups is 1. The molecule has 1 saturated carbocycles. The monoisotopic (exact) mass is 201 g/mol. The van der Waals surface area contributed by atoms with Crippen LogP contribution in [0.2, 0.25) is 0 Å². The molecular formula is C9H19N3S. The Morgan fingerprint density at radius 2 is 2.08 bits per heavy atom. The highest BCUT2D eigenvalue weighted by atomic mass is 32.1. The summed E-state index contributed by atoms with van der Waals surface area (Å²) in [4.78, 5) is 0. The van der Waals surface area contributed by atoms with E-state index in [9.17, 15) is 0 Å². The molecule has 0 unspecified atom stereocenters. The lowest BCUT2D eigenvalue weighted by Crippen LogP contribution is -2.49. The predicted molar refractivity (Wildman–Crippen MR) is 59.0 cm³/mol. The van der Waals surface area contributed by atoms with Gasteiger partial charge in [0.25, 0.3) is 0 Å². The third-order valence-corrected chi connectivity index (χ3v) is 3.39. The van der Waals surface area contributed by atoms with Gasteiger partial charge in [-0.2, -0.15) is 0 Å². The summed E-state index contributed by atoms with van der Waals surface area (Å²) in [7, 11) is 0. The van der Waals surface area contributed by atoms with Gasteiger partial charge in [0.15, 0.2) is 5.11 Å². The van der Waals surface area contributed by atoms with Crippen LogP contribution in [0.5, 0.6) is 0 Å². The van der Waals surface area contributed by atoms with Gasteiger partial charge in [0, 0.05) is 6.04 Å². The molecule has 0 aromatic heterocycles. The van der Waals surface area contributed by atoms with Crippen LogP contribution in [0.4, 0.5) is 0 Å². The van der Waals surface area contributed by atoms with Crippen LogP contribution in [-0.2, 0) is 0 Å². The van der Waals surface area contributed by atoms with Gasteiger partial charge in [0.2, 0.25) is 0 Å². The first kappa shape index (κ1) is 10.7. The fourth-order valence-corrected chi connectivity index (χ4v) is 2.15. The van der Waals surface area contributed by atoms with Gasteiger partial charge in [-0.3, -0.25) is 0 Å². The summed E-state index contributed by atoms with van der Waals surface area (Å²) in [6.45, 7) is 4.58. The molecule has 0 heterocycles. The molecule has 13 heavy (non-hydrogen) atoms. The van der Waals surface area contributed by atoms with E-state index in [2.05, 4.69) is 24.6 Å². The highest BCUT2D eigenvalue weighted by Gasteiger charge is 2.27. The molecule has 1 aliphatic rings. The average Bonchev–Trinajstić information content (AvgIpc) is 2.13. The fourth-order valence-electron chi connectivity index (χ4n) is 2.00. The molecule has 76 valence electrons. The van der Waals surface area contributed by atoms with Crippen LogP contribution in [0, 0.1) is 11.8 Å². The Morgan fingerprint density at radius 1 is 1.38 bits per heavy atom. The highest BCUT2D eigenvalue weighted by Crippen LogP contribution is 2.29. The summed E-state index contributed by atoms with van der Waals surface area (Å²) in [6, 6.07) is 0.493. The molecule has 0 bridgehead atoms. The molecule has 0 saturated heterocycles. The third-order valence-electron chi connectivity index (χ3n) is 3.15. The van der Waals surface area contributed by atoms with Gasteiger partial charge < -0.3 is 10.7 Å². The van der Waals surface area contributed by atoms with Gasteiger partial charge in [-0.15, -0.1) is 0 Å². The van der Waals surface area contributed by atoms with Crippen molar-refractivity contribution in [1.29, 1.82) is 0 Å². The molecule has 3 atom stereocenters. The zero-order chi connectivity index (χ0) is 9.84. The van der Waals surface area contributed by atoms with Crippen LogP contribution in [0.25, 0.3) is 0 Å². The average molecular weight is 201 g/mol. The Balaban J connectivity index is 2.43. The molecule has 0 aliphatic heterocycles. The summed E-state index contributed by atoms with van der Waals surface area (Å²) in [5.41, 5.74) is 2.47. The molecule has 4 heteroatoms. The van der Waals surface area contributed by atoms with Crippen molar-refractivity contribution < 1.29 is 0 Å². The van der Waals surface area contributed by atoms with Crippen molar-refractivity contribution in [3.05, 3.63) is 0 Å². The topological polar surface area (TPSA) is 50.1 Å². The minimum atomic E-state index is 0.493. The molecule has 0 amide bonds. The molecule has 0 aromatic carbocycles. The van der Waals surface area contributed by atoms with E-state index in [1.807, 2.05) is 0 Å². The number of hydrogen-bond acceptors (Lipinski definition) is 2. The van der Waals surface area contributed by atoms with E-state index in [-0.39, 0.29) is 0 Å². The van der Waals surface area contributed by atoms with E-state index in [0.29, 0.717) is 17.1 Å². The van der Waals surface area contributed by atoms with Crippen LogP contribution in [0.3, 0.4) is 0 Å². The van der Waals surface area contributed by atoms with E-state index in [4.69, 9.17) is 18.1 Å². The molecule has 3 nitrogen and oxygen atoms in total. The zero-order valence-electron chi connectivity index (χ0n) is 8.34. The SMILES string of the molecule is C[C@@H]1[C@H](C)CCC[C@H]1NC(=S)NN. The molecule has 1 aliphatic carbocycles. The summed E-state index contributed by atoms with van der Waals surface area (Å²) in [5, 5.41) is 3.81.